The third kappa shape index (κ3) is 2.42. The summed E-state index contributed by atoms with van der Waals surface area (Å²) in [6, 6.07) is 4.15. The van der Waals surface area contributed by atoms with Crippen LogP contribution in [0.25, 0.3) is 0 Å². The van der Waals surface area contributed by atoms with Crippen molar-refractivity contribution in [1.82, 2.24) is 0 Å². The van der Waals surface area contributed by atoms with Crippen LogP contribution < -0.4 is 5.73 Å². The Morgan fingerprint density at radius 3 is 2.89 bits per heavy atom. The van der Waals surface area contributed by atoms with Crippen molar-refractivity contribution in [2.24, 2.45) is 5.73 Å². The molecule has 2 rings (SSSR count). The number of aliphatic hydroxyl groups excluding tert-OH is 1. The second kappa shape index (κ2) is 5.09. The van der Waals surface area contributed by atoms with E-state index in [0.717, 1.165) is 0 Å². The van der Waals surface area contributed by atoms with Crippen LogP contribution in [0.4, 0.5) is 8.78 Å². The van der Waals surface area contributed by atoms with Crippen molar-refractivity contribution in [3.8, 4) is 0 Å². The van der Waals surface area contributed by atoms with Crippen LogP contribution in [0.1, 0.15) is 18.9 Å². The lowest BCUT2D eigenvalue weighted by atomic mass is 9.72. The van der Waals surface area contributed by atoms with Gasteiger partial charge in [0.05, 0.1) is 19.3 Å². The minimum Gasteiger partial charge on any atom is -0.393 e. The summed E-state index contributed by atoms with van der Waals surface area (Å²) in [6.45, 7) is 0.739. The summed E-state index contributed by atoms with van der Waals surface area (Å²) in [6.07, 6.45) is -0.449. The van der Waals surface area contributed by atoms with Crippen LogP contribution >= 0.6 is 15.9 Å². The first kappa shape index (κ1) is 14.8. The van der Waals surface area contributed by atoms with E-state index in [4.69, 9.17) is 10.5 Å². The fraction of sp³-hybridized carbons (Fsp3) is 0.538. The van der Waals surface area contributed by atoms with Crippen LogP contribution in [0.2, 0.25) is 0 Å². The molecule has 0 unspecified atom stereocenters. The Labute approximate surface area is 118 Å². The largest absolute Gasteiger partial charge is 0.393 e. The molecule has 0 spiro atoms. The van der Waals surface area contributed by atoms with E-state index in [1.807, 2.05) is 0 Å². The molecule has 0 bridgehead atoms. The lowest BCUT2D eigenvalue weighted by molar-refractivity contribution is -0.136. The van der Waals surface area contributed by atoms with Crippen molar-refractivity contribution in [2.75, 3.05) is 13.2 Å². The van der Waals surface area contributed by atoms with Crippen LogP contribution in [-0.4, -0.2) is 30.1 Å². The first-order valence-electron chi connectivity index (χ1n) is 5.98. The Hall–Kier alpha value is -0.560. The predicted molar refractivity (Wildman–Crippen MR) is 70.9 cm³/mol. The molecule has 3 atom stereocenters. The third-order valence-electron chi connectivity index (χ3n) is 3.67. The highest BCUT2D eigenvalue weighted by Gasteiger charge is 2.55. The highest BCUT2D eigenvalue weighted by Crippen LogP contribution is 2.43. The molecule has 1 aliphatic rings. The molecule has 0 aromatic heterocycles. The summed E-state index contributed by atoms with van der Waals surface area (Å²) in [4.78, 5) is 0. The molecule has 0 aliphatic carbocycles. The summed E-state index contributed by atoms with van der Waals surface area (Å²) >= 11 is 3.21. The minimum absolute atomic E-state index is 0.00493. The van der Waals surface area contributed by atoms with E-state index >= 15 is 0 Å². The van der Waals surface area contributed by atoms with Gasteiger partial charge in [-0.25, -0.2) is 8.78 Å². The monoisotopic (exact) mass is 335 g/mol. The van der Waals surface area contributed by atoms with Gasteiger partial charge in [0.25, 0.3) is 0 Å². The number of hydrogen-bond donors (Lipinski definition) is 2. The molecular weight excluding hydrogens is 320 g/mol. The number of aliphatic hydroxyl groups is 1. The number of rotatable bonds is 2. The smallest absolute Gasteiger partial charge is 0.160 e. The summed E-state index contributed by atoms with van der Waals surface area (Å²) in [5, 5.41) is 9.38. The Morgan fingerprint density at radius 2 is 2.26 bits per heavy atom. The van der Waals surface area contributed by atoms with E-state index in [0.29, 0.717) is 4.47 Å². The maximum absolute atomic E-state index is 15.0. The molecular formula is C13H16BrF2NO2. The van der Waals surface area contributed by atoms with E-state index in [9.17, 15) is 13.9 Å². The number of alkyl halides is 1. The molecule has 106 valence electrons. The number of hydrogen-bond acceptors (Lipinski definition) is 3. The van der Waals surface area contributed by atoms with Crippen molar-refractivity contribution in [3.05, 3.63) is 34.1 Å². The van der Waals surface area contributed by atoms with Gasteiger partial charge >= 0.3 is 0 Å². The summed E-state index contributed by atoms with van der Waals surface area (Å²) in [7, 11) is 0. The zero-order chi connectivity index (χ0) is 14.3. The SMILES string of the molecule is C[C@H]1C[C@@](F)(CO)[C@](N)(c2cc(Br)ccc2F)CO1. The normalized spacial score (nSPS) is 35.4. The van der Waals surface area contributed by atoms with Gasteiger partial charge in [0.2, 0.25) is 0 Å². The fourth-order valence-corrected chi connectivity index (χ4v) is 2.82. The molecule has 6 heteroatoms. The van der Waals surface area contributed by atoms with Gasteiger partial charge in [0.1, 0.15) is 11.4 Å². The van der Waals surface area contributed by atoms with Crippen molar-refractivity contribution in [1.29, 1.82) is 0 Å². The van der Waals surface area contributed by atoms with Crippen LogP contribution in [-0.2, 0) is 10.3 Å². The molecule has 3 nitrogen and oxygen atoms in total. The maximum Gasteiger partial charge on any atom is 0.160 e. The van der Waals surface area contributed by atoms with Gasteiger partial charge in [-0.1, -0.05) is 15.9 Å². The number of benzene rings is 1. The predicted octanol–water partition coefficient (Wildman–Crippen LogP) is 2.25. The van der Waals surface area contributed by atoms with Crippen molar-refractivity contribution in [2.45, 2.75) is 30.7 Å². The maximum atomic E-state index is 15.0. The topological polar surface area (TPSA) is 55.5 Å². The average Bonchev–Trinajstić information content (AvgIpc) is 2.37. The Kier molecular flexibility index (Phi) is 3.97. The van der Waals surface area contributed by atoms with E-state index < -0.39 is 23.6 Å². The lowest BCUT2D eigenvalue weighted by Gasteiger charge is -2.47. The van der Waals surface area contributed by atoms with Gasteiger partial charge in [0.15, 0.2) is 5.67 Å². The standard InChI is InChI=1S/C13H16BrF2NO2/c1-8-5-12(16,6-18)13(17,7-19-8)10-4-9(14)2-3-11(10)15/h2-4,8,18H,5-7,17H2,1H3/t8-,12+,13+/m0/s1. The minimum atomic E-state index is -2.12. The molecule has 3 N–H and O–H groups in total. The second-order valence-corrected chi connectivity index (χ2v) is 5.96. The van der Waals surface area contributed by atoms with Gasteiger partial charge in [-0.05, 0) is 25.1 Å². The molecule has 1 aromatic carbocycles. The van der Waals surface area contributed by atoms with Crippen LogP contribution in [0, 0.1) is 5.82 Å². The molecule has 1 aliphatic heterocycles. The van der Waals surface area contributed by atoms with Crippen molar-refractivity contribution >= 4 is 15.9 Å². The molecule has 0 saturated carbocycles. The third-order valence-corrected chi connectivity index (χ3v) is 4.16. The summed E-state index contributed by atoms with van der Waals surface area (Å²) in [5.74, 6) is -0.612. The molecule has 19 heavy (non-hydrogen) atoms. The Balaban J connectivity index is 2.53. The quantitative estimate of drug-likeness (QED) is 0.871. The first-order valence-corrected chi connectivity index (χ1v) is 6.77. The molecule has 1 aromatic rings. The molecule has 1 heterocycles. The van der Waals surface area contributed by atoms with Crippen molar-refractivity contribution < 1.29 is 18.6 Å². The highest BCUT2D eigenvalue weighted by atomic mass is 79.9. The van der Waals surface area contributed by atoms with Gasteiger partial charge in [0, 0.05) is 16.5 Å². The van der Waals surface area contributed by atoms with Crippen molar-refractivity contribution in [3.63, 3.8) is 0 Å². The van der Waals surface area contributed by atoms with Gasteiger partial charge in [-0.3, -0.25) is 0 Å². The molecule has 0 amide bonds. The average molecular weight is 336 g/mol. The van der Waals surface area contributed by atoms with Crippen LogP contribution in [0.5, 0.6) is 0 Å². The van der Waals surface area contributed by atoms with Crippen LogP contribution in [0.3, 0.4) is 0 Å². The molecule has 1 fully saturated rings. The number of halogens is 3. The van der Waals surface area contributed by atoms with Crippen LogP contribution in [0.15, 0.2) is 22.7 Å². The zero-order valence-corrected chi connectivity index (χ0v) is 12.1. The molecule has 0 radical (unpaired) electrons. The summed E-state index contributed by atoms with van der Waals surface area (Å²) < 4.78 is 34.9. The highest BCUT2D eigenvalue weighted by molar-refractivity contribution is 9.10. The van der Waals surface area contributed by atoms with Gasteiger partial charge in [-0.15, -0.1) is 0 Å². The fourth-order valence-electron chi connectivity index (χ4n) is 2.46. The van der Waals surface area contributed by atoms with E-state index in [2.05, 4.69) is 15.9 Å². The van der Waals surface area contributed by atoms with Gasteiger partial charge in [-0.2, -0.15) is 0 Å². The number of nitrogens with two attached hydrogens (primary N) is 1. The second-order valence-electron chi connectivity index (χ2n) is 5.04. The van der Waals surface area contributed by atoms with E-state index in [1.54, 1.807) is 6.92 Å². The number of ether oxygens (including phenoxy) is 1. The van der Waals surface area contributed by atoms with E-state index in [1.165, 1.54) is 18.2 Å². The Morgan fingerprint density at radius 1 is 1.58 bits per heavy atom. The lowest BCUT2D eigenvalue weighted by Crippen LogP contribution is -2.64. The molecule has 1 saturated heterocycles. The van der Waals surface area contributed by atoms with E-state index in [-0.39, 0.29) is 24.7 Å². The summed E-state index contributed by atoms with van der Waals surface area (Å²) in [5.41, 5.74) is 2.26. The zero-order valence-electron chi connectivity index (χ0n) is 10.5. The van der Waals surface area contributed by atoms with Gasteiger partial charge < -0.3 is 15.6 Å². The Bertz CT molecular complexity index is 488. The first-order chi connectivity index (χ1) is 8.82.